The van der Waals surface area contributed by atoms with Gasteiger partial charge in [0.15, 0.2) is 0 Å². The van der Waals surface area contributed by atoms with E-state index in [1.54, 1.807) is 18.5 Å². The van der Waals surface area contributed by atoms with Crippen molar-refractivity contribution in [3.8, 4) is 5.88 Å². The van der Waals surface area contributed by atoms with Crippen molar-refractivity contribution in [2.75, 3.05) is 32.8 Å². The largest absolute Gasteiger partial charge is 0.478 e. The molecule has 2 fully saturated rings. The Balaban J connectivity index is 1.16. The quantitative estimate of drug-likeness (QED) is 0.631. The van der Waals surface area contributed by atoms with Gasteiger partial charge in [0.25, 0.3) is 0 Å². The van der Waals surface area contributed by atoms with E-state index in [1.165, 1.54) is 37.7 Å². The Hall–Kier alpha value is -2.89. The van der Waals surface area contributed by atoms with Gasteiger partial charge in [0.2, 0.25) is 5.88 Å². The number of ether oxygens (including phenoxy) is 1. The van der Waals surface area contributed by atoms with E-state index in [0.29, 0.717) is 25.4 Å². The van der Waals surface area contributed by atoms with Crippen LogP contribution >= 0.6 is 0 Å². The van der Waals surface area contributed by atoms with Crippen LogP contribution in [0.1, 0.15) is 50.5 Å². The molecular formula is C26H35N5O2. The second-order valence-corrected chi connectivity index (χ2v) is 9.03. The smallest absolute Gasteiger partial charge is 0.321 e. The molecule has 2 amide bonds. The molecule has 0 atom stereocenters. The van der Waals surface area contributed by atoms with Gasteiger partial charge in [0.1, 0.15) is 0 Å². The Labute approximate surface area is 196 Å². The van der Waals surface area contributed by atoms with Crippen LogP contribution in [-0.4, -0.2) is 59.8 Å². The standard InChI is InChI=1S/C26H35N5O2/c32-26(29-24-9-5-2-6-13-27-20-24)31-16-14-30(15-17-31)21-23-10-11-25(28-19-23)33-18-12-22-7-3-1-4-8-22/h5-6,10-11,13,19-20,22H,1,3-4,7-9,12,14-18,21H2,(H,29,32)/b24-20+,27-13?. The average Bonchev–Trinajstić information content (AvgIpc) is 2.83. The fraction of sp³-hybridized carbons (Fsp3) is 0.538. The van der Waals surface area contributed by atoms with E-state index in [1.807, 2.05) is 23.2 Å². The van der Waals surface area contributed by atoms with Crippen LogP contribution in [0.3, 0.4) is 0 Å². The van der Waals surface area contributed by atoms with Crippen LogP contribution in [0.5, 0.6) is 5.88 Å². The molecule has 0 bridgehead atoms. The molecule has 7 heteroatoms. The molecule has 1 aliphatic carbocycles. The summed E-state index contributed by atoms with van der Waals surface area (Å²) < 4.78 is 5.87. The van der Waals surface area contributed by atoms with E-state index in [9.17, 15) is 4.79 Å². The van der Waals surface area contributed by atoms with Crippen LogP contribution in [0.25, 0.3) is 0 Å². The van der Waals surface area contributed by atoms with E-state index in [0.717, 1.165) is 44.3 Å². The first kappa shape index (κ1) is 23.3. The van der Waals surface area contributed by atoms with Gasteiger partial charge in [-0.25, -0.2) is 9.78 Å². The van der Waals surface area contributed by atoms with Crippen LogP contribution in [0.15, 0.2) is 53.1 Å². The van der Waals surface area contributed by atoms with Gasteiger partial charge in [0, 0.05) is 69.5 Å². The van der Waals surface area contributed by atoms with Crippen molar-refractivity contribution < 1.29 is 9.53 Å². The summed E-state index contributed by atoms with van der Waals surface area (Å²) in [5, 5.41) is 2.97. The lowest BCUT2D eigenvalue weighted by atomic mass is 9.87. The zero-order valence-corrected chi connectivity index (χ0v) is 19.4. The van der Waals surface area contributed by atoms with Crippen molar-refractivity contribution in [3.63, 3.8) is 0 Å². The van der Waals surface area contributed by atoms with Crippen molar-refractivity contribution in [2.45, 2.75) is 51.5 Å². The molecule has 176 valence electrons. The molecule has 4 rings (SSSR count). The van der Waals surface area contributed by atoms with Gasteiger partial charge < -0.3 is 15.0 Å². The molecule has 1 saturated heterocycles. The zero-order valence-electron chi connectivity index (χ0n) is 19.4. The van der Waals surface area contributed by atoms with Gasteiger partial charge >= 0.3 is 6.03 Å². The van der Waals surface area contributed by atoms with Crippen molar-refractivity contribution in [3.05, 3.63) is 53.7 Å². The van der Waals surface area contributed by atoms with Crippen molar-refractivity contribution in [1.29, 1.82) is 0 Å². The number of urea groups is 1. The summed E-state index contributed by atoms with van der Waals surface area (Å²) in [5.41, 5.74) is 4.96. The number of carbonyl (C=O) groups excluding carboxylic acids is 1. The lowest BCUT2D eigenvalue weighted by molar-refractivity contribution is 0.136. The summed E-state index contributed by atoms with van der Waals surface area (Å²) in [4.78, 5) is 25.4. The third kappa shape index (κ3) is 7.58. The first-order valence-electron chi connectivity index (χ1n) is 12.2. The molecular weight excluding hydrogens is 414 g/mol. The van der Waals surface area contributed by atoms with E-state index >= 15 is 0 Å². The number of aliphatic imine (C=N–C) groups is 1. The minimum Gasteiger partial charge on any atom is -0.478 e. The Bertz CT molecular complexity index is 888. The summed E-state index contributed by atoms with van der Waals surface area (Å²) in [6.45, 7) is 4.68. The highest BCUT2D eigenvalue weighted by Crippen LogP contribution is 2.26. The number of amides is 2. The molecule has 33 heavy (non-hydrogen) atoms. The second-order valence-electron chi connectivity index (χ2n) is 9.03. The number of nitrogens with zero attached hydrogens (tertiary/aromatic N) is 4. The SMILES string of the molecule is O=C(N/C1=C/N=CC=C=CC1)N1CCN(Cc2ccc(OCCC3CCCCC3)nc2)CC1. The van der Waals surface area contributed by atoms with Crippen LogP contribution in [0.4, 0.5) is 4.79 Å². The van der Waals surface area contributed by atoms with E-state index < -0.39 is 0 Å². The van der Waals surface area contributed by atoms with Gasteiger partial charge in [-0.05, 0) is 30.1 Å². The predicted molar refractivity (Wildman–Crippen MR) is 130 cm³/mol. The molecule has 0 radical (unpaired) electrons. The highest BCUT2D eigenvalue weighted by molar-refractivity contribution is 5.76. The van der Waals surface area contributed by atoms with Crippen molar-refractivity contribution in [1.82, 2.24) is 20.1 Å². The molecule has 0 aromatic carbocycles. The third-order valence-electron chi connectivity index (χ3n) is 6.56. The topological polar surface area (TPSA) is 70.1 Å². The number of pyridine rings is 1. The molecule has 1 N–H and O–H groups in total. The molecule has 0 unspecified atom stereocenters. The molecule has 0 spiro atoms. The number of nitrogens with one attached hydrogen (secondary N) is 1. The van der Waals surface area contributed by atoms with Crippen LogP contribution in [0.2, 0.25) is 0 Å². The van der Waals surface area contributed by atoms with Crippen LogP contribution in [-0.2, 0) is 6.54 Å². The van der Waals surface area contributed by atoms with Gasteiger partial charge in [-0.2, -0.15) is 0 Å². The predicted octanol–water partition coefficient (Wildman–Crippen LogP) is 4.29. The molecule has 7 nitrogen and oxygen atoms in total. The first-order chi connectivity index (χ1) is 16.3. The Morgan fingerprint density at radius 3 is 2.79 bits per heavy atom. The van der Waals surface area contributed by atoms with E-state index in [4.69, 9.17) is 4.74 Å². The fourth-order valence-electron chi connectivity index (χ4n) is 4.57. The fourth-order valence-corrected chi connectivity index (χ4v) is 4.57. The minimum absolute atomic E-state index is 0.0644. The normalized spacial score (nSPS) is 21.2. The minimum atomic E-state index is -0.0644. The number of hydrogen-bond acceptors (Lipinski definition) is 5. The van der Waals surface area contributed by atoms with Crippen LogP contribution < -0.4 is 10.1 Å². The van der Waals surface area contributed by atoms with Gasteiger partial charge in [-0.1, -0.05) is 38.2 Å². The Morgan fingerprint density at radius 1 is 1.15 bits per heavy atom. The number of hydrogen-bond donors (Lipinski definition) is 1. The maximum atomic E-state index is 12.6. The molecule has 2 aliphatic heterocycles. The summed E-state index contributed by atoms with van der Waals surface area (Å²) in [6, 6.07) is 4.02. The van der Waals surface area contributed by atoms with E-state index in [2.05, 4.69) is 32.0 Å². The number of aromatic nitrogens is 1. The third-order valence-corrected chi connectivity index (χ3v) is 6.56. The molecule has 3 aliphatic rings. The molecule has 1 saturated carbocycles. The van der Waals surface area contributed by atoms with Crippen molar-refractivity contribution in [2.24, 2.45) is 10.9 Å². The zero-order chi connectivity index (χ0) is 22.7. The summed E-state index contributed by atoms with van der Waals surface area (Å²) >= 11 is 0. The van der Waals surface area contributed by atoms with Gasteiger partial charge in [-0.15, -0.1) is 5.73 Å². The summed E-state index contributed by atoms with van der Waals surface area (Å²) in [5.74, 6) is 1.55. The molecule has 1 aromatic heterocycles. The highest BCUT2D eigenvalue weighted by atomic mass is 16.5. The summed E-state index contributed by atoms with van der Waals surface area (Å²) in [6.07, 6.45) is 17.5. The van der Waals surface area contributed by atoms with E-state index in [-0.39, 0.29) is 6.03 Å². The Kier molecular flexibility index (Phi) is 8.73. The van der Waals surface area contributed by atoms with Crippen LogP contribution in [0, 0.1) is 5.92 Å². The lowest BCUT2D eigenvalue weighted by Crippen LogP contribution is -2.51. The summed E-state index contributed by atoms with van der Waals surface area (Å²) in [7, 11) is 0. The second kappa shape index (κ2) is 12.4. The average molecular weight is 450 g/mol. The molecule has 3 heterocycles. The monoisotopic (exact) mass is 449 g/mol. The maximum Gasteiger partial charge on any atom is 0.321 e. The van der Waals surface area contributed by atoms with Gasteiger partial charge in [-0.3, -0.25) is 9.89 Å². The number of piperazine rings is 1. The number of rotatable bonds is 7. The van der Waals surface area contributed by atoms with Gasteiger partial charge in [0.05, 0.1) is 6.61 Å². The number of carbonyl (C=O) groups is 1. The lowest BCUT2D eigenvalue weighted by Gasteiger charge is -2.34. The molecule has 1 aromatic rings. The Morgan fingerprint density at radius 2 is 2.00 bits per heavy atom. The maximum absolute atomic E-state index is 12.6. The highest BCUT2D eigenvalue weighted by Gasteiger charge is 2.21. The first-order valence-corrected chi connectivity index (χ1v) is 12.2. The van der Waals surface area contributed by atoms with Crippen molar-refractivity contribution >= 4 is 12.2 Å². The number of allylic oxidation sites excluding steroid dienone is 1.